The van der Waals surface area contributed by atoms with Crippen LogP contribution >= 0.6 is 22.7 Å². The van der Waals surface area contributed by atoms with Gasteiger partial charge in [0.1, 0.15) is 0 Å². The Morgan fingerprint density at radius 1 is 0.429 bits per heavy atom. The zero-order chi connectivity index (χ0) is 29.7. The van der Waals surface area contributed by atoms with Crippen LogP contribution in [0.1, 0.15) is 41.4 Å². The number of aromatic carboxylic acids is 4. The molecule has 0 saturated carbocycles. The second kappa shape index (κ2) is 10.3. The Hall–Kier alpha value is -5.32. The lowest BCUT2D eigenvalue weighted by Gasteiger charge is -2.07. The Labute approximate surface area is 245 Å². The summed E-state index contributed by atoms with van der Waals surface area (Å²) in [5.74, 6) is -6.07. The van der Waals surface area contributed by atoms with E-state index in [0.29, 0.717) is 0 Å². The summed E-state index contributed by atoms with van der Waals surface area (Å²) >= 11 is 2.90. The maximum absolute atomic E-state index is 12.8. The van der Waals surface area contributed by atoms with Crippen LogP contribution in [0.5, 0.6) is 0 Å². The van der Waals surface area contributed by atoms with Crippen LogP contribution < -0.4 is 0 Å². The van der Waals surface area contributed by atoms with Crippen molar-refractivity contribution < 1.29 is 39.6 Å². The molecule has 42 heavy (non-hydrogen) atoms. The second-order valence-corrected chi connectivity index (χ2v) is 11.2. The molecular formula is C32H18O8S2. The molecule has 4 aliphatic rings. The molecule has 2 heterocycles. The standard InChI is InChI=1S/C32H18O8S2/c33-29(34)23-17-9-5-15(21-3-1-13-41-21)6-10-18(17)24(30(35)36)27(23)28-25(31(37)38)19-11-7-16(22-4-2-14-42-22)8-12-20(19)26(28)32(39)40/h1-14H,(H,33,34)(H,35,36)(H,37,38)(H,39,40). The van der Waals surface area contributed by atoms with E-state index >= 15 is 0 Å². The summed E-state index contributed by atoms with van der Waals surface area (Å²) < 4.78 is 0. The fraction of sp³-hybridized carbons (Fsp3) is 0. The summed E-state index contributed by atoms with van der Waals surface area (Å²) in [4.78, 5) is 52.9. The number of hydrogen-bond acceptors (Lipinski definition) is 6. The van der Waals surface area contributed by atoms with E-state index in [-0.39, 0.29) is 22.3 Å². The average molecular weight is 595 g/mol. The third-order valence-electron chi connectivity index (χ3n) is 7.09. The molecule has 10 heteroatoms. The predicted molar refractivity (Wildman–Crippen MR) is 160 cm³/mol. The third kappa shape index (κ3) is 4.21. The van der Waals surface area contributed by atoms with Crippen LogP contribution in [0.4, 0.5) is 0 Å². The van der Waals surface area contributed by atoms with Crippen LogP contribution in [-0.4, -0.2) is 44.3 Å². The highest BCUT2D eigenvalue weighted by atomic mass is 32.1. The smallest absolute Gasteiger partial charge is 0.336 e. The molecule has 0 aliphatic heterocycles. The summed E-state index contributed by atoms with van der Waals surface area (Å²) in [5.41, 5.74) is -1.24. The zero-order valence-electron chi connectivity index (χ0n) is 21.3. The fourth-order valence-corrected chi connectivity index (χ4v) is 6.89. The number of fused-ring (bicyclic) bond motifs is 2. The van der Waals surface area contributed by atoms with Crippen LogP contribution in [0, 0.1) is 0 Å². The Bertz CT molecular complexity index is 1740. The lowest BCUT2D eigenvalue weighted by Crippen LogP contribution is -2.07. The highest BCUT2D eigenvalue weighted by Crippen LogP contribution is 2.50. The van der Waals surface area contributed by atoms with Gasteiger partial charge in [-0.15, -0.1) is 22.7 Å². The number of carboxylic acid groups (broad SMARTS) is 4. The van der Waals surface area contributed by atoms with Gasteiger partial charge in [-0.25, -0.2) is 19.2 Å². The molecule has 0 bridgehead atoms. The normalized spacial score (nSPS) is 11.1. The van der Waals surface area contributed by atoms with Gasteiger partial charge in [-0.05, 0) is 56.3 Å². The third-order valence-corrected chi connectivity index (χ3v) is 8.93. The maximum atomic E-state index is 12.8. The van der Waals surface area contributed by atoms with Crippen molar-refractivity contribution in [3.05, 3.63) is 106 Å². The van der Waals surface area contributed by atoms with Gasteiger partial charge >= 0.3 is 23.9 Å². The van der Waals surface area contributed by atoms with Gasteiger partial charge in [-0.2, -0.15) is 0 Å². The first-order valence-corrected chi connectivity index (χ1v) is 14.2. The minimum atomic E-state index is -1.52. The van der Waals surface area contributed by atoms with Gasteiger partial charge in [0.05, 0.1) is 22.3 Å². The van der Waals surface area contributed by atoms with Gasteiger partial charge in [0.2, 0.25) is 0 Å². The largest absolute Gasteiger partial charge is 0.478 e. The van der Waals surface area contributed by atoms with Crippen LogP contribution in [0.2, 0.25) is 0 Å². The first-order chi connectivity index (χ1) is 20.2. The van der Waals surface area contributed by atoms with E-state index in [1.54, 1.807) is 24.3 Å². The molecule has 8 nitrogen and oxygen atoms in total. The summed E-state index contributed by atoms with van der Waals surface area (Å²) in [6.07, 6.45) is 0. The lowest BCUT2D eigenvalue weighted by molar-refractivity contribution is 0.0677. The van der Waals surface area contributed by atoms with Crippen molar-refractivity contribution in [3.63, 3.8) is 0 Å². The number of hydrogen-bond donors (Lipinski definition) is 4. The molecule has 2 aromatic rings. The van der Waals surface area contributed by atoms with E-state index in [2.05, 4.69) is 0 Å². The van der Waals surface area contributed by atoms with Crippen molar-refractivity contribution in [2.24, 2.45) is 0 Å². The molecule has 0 saturated heterocycles. The van der Waals surface area contributed by atoms with E-state index in [4.69, 9.17) is 0 Å². The topological polar surface area (TPSA) is 149 Å². The quantitative estimate of drug-likeness (QED) is 0.146. The fourth-order valence-electron chi connectivity index (χ4n) is 5.43. The molecule has 0 radical (unpaired) electrons. The van der Waals surface area contributed by atoms with E-state index in [0.717, 1.165) is 20.9 Å². The maximum Gasteiger partial charge on any atom is 0.336 e. The predicted octanol–water partition coefficient (Wildman–Crippen LogP) is 7.81. The summed E-state index contributed by atoms with van der Waals surface area (Å²) in [5, 5.41) is 45.3. The van der Waals surface area contributed by atoms with Crippen molar-refractivity contribution in [1.29, 1.82) is 0 Å². The van der Waals surface area contributed by atoms with Gasteiger partial charge in [0.15, 0.2) is 0 Å². The molecule has 6 rings (SSSR count). The summed E-state index contributed by atoms with van der Waals surface area (Å²) in [6.45, 7) is 0. The van der Waals surface area contributed by atoms with Gasteiger partial charge in [-0.1, -0.05) is 60.7 Å². The average Bonchev–Trinajstić information content (AvgIpc) is 3.71. The zero-order valence-corrected chi connectivity index (χ0v) is 23.0. The molecule has 4 aliphatic carbocycles. The molecule has 0 aromatic carbocycles. The highest BCUT2D eigenvalue weighted by Gasteiger charge is 2.39. The first kappa shape index (κ1) is 26.9. The van der Waals surface area contributed by atoms with Gasteiger partial charge in [0, 0.05) is 20.9 Å². The molecule has 4 N–H and O–H groups in total. The molecule has 0 unspecified atom stereocenters. The van der Waals surface area contributed by atoms with E-state index in [1.807, 2.05) is 35.0 Å². The van der Waals surface area contributed by atoms with Crippen LogP contribution in [0.25, 0.3) is 54.3 Å². The summed E-state index contributed by atoms with van der Waals surface area (Å²) in [6, 6.07) is 19.9. The Morgan fingerprint density at radius 3 is 0.929 bits per heavy atom. The Balaban J connectivity index is 1.75. The first-order valence-electron chi connectivity index (χ1n) is 12.4. The number of carboxylic acids is 4. The number of thiophene rings is 2. The molecule has 2 aromatic heterocycles. The van der Waals surface area contributed by atoms with Crippen LogP contribution in [0.15, 0.2) is 83.6 Å². The minimum absolute atomic E-state index is 0.0428. The SMILES string of the molecule is O=C(O)c1c2ccc(-c3cccs3)ccc-2c(C(=O)O)c1-c1c(C(=O)O)c2ccc(-c3cccs3)ccc-2c1C(=O)O. The van der Waals surface area contributed by atoms with E-state index in [1.165, 1.54) is 46.9 Å². The second-order valence-electron chi connectivity index (χ2n) is 9.32. The van der Waals surface area contributed by atoms with Crippen LogP contribution in [-0.2, 0) is 0 Å². The number of rotatable bonds is 7. The van der Waals surface area contributed by atoms with Gasteiger partial charge in [0.25, 0.3) is 0 Å². The lowest BCUT2D eigenvalue weighted by atomic mass is 9.95. The molecule has 0 spiro atoms. The Morgan fingerprint density at radius 2 is 0.714 bits per heavy atom. The molecule has 0 amide bonds. The van der Waals surface area contributed by atoms with E-state index < -0.39 is 57.3 Å². The highest BCUT2D eigenvalue weighted by molar-refractivity contribution is 7.13. The van der Waals surface area contributed by atoms with Crippen molar-refractivity contribution in [3.8, 4) is 54.3 Å². The minimum Gasteiger partial charge on any atom is -0.478 e. The van der Waals surface area contributed by atoms with Crippen molar-refractivity contribution in [2.45, 2.75) is 0 Å². The van der Waals surface area contributed by atoms with Crippen molar-refractivity contribution >= 4 is 46.6 Å². The molecular weight excluding hydrogens is 576 g/mol. The molecule has 0 atom stereocenters. The molecule has 206 valence electrons. The monoisotopic (exact) mass is 594 g/mol. The van der Waals surface area contributed by atoms with Gasteiger partial charge in [-0.3, -0.25) is 0 Å². The van der Waals surface area contributed by atoms with Crippen molar-refractivity contribution in [2.75, 3.05) is 0 Å². The van der Waals surface area contributed by atoms with Crippen molar-refractivity contribution in [1.82, 2.24) is 0 Å². The van der Waals surface area contributed by atoms with Crippen LogP contribution in [0.3, 0.4) is 0 Å². The van der Waals surface area contributed by atoms with E-state index in [9.17, 15) is 39.6 Å². The summed E-state index contributed by atoms with van der Waals surface area (Å²) in [7, 11) is 0. The number of carbonyl (C=O) groups is 4. The van der Waals surface area contributed by atoms with Gasteiger partial charge < -0.3 is 20.4 Å². The Kier molecular flexibility index (Phi) is 6.56. The molecule has 0 fully saturated rings.